The molecule has 0 saturated carbocycles. The molecule has 0 aliphatic heterocycles. The fraction of sp³-hybridized carbons (Fsp3) is 1.00. The molecule has 0 fully saturated rings. The molecule has 1 atom stereocenters. The Morgan fingerprint density at radius 2 is 1.83 bits per heavy atom. The number of hydrogen-bond donors (Lipinski definition) is 0. The van der Waals surface area contributed by atoms with E-state index in [-0.39, 0.29) is 37.7 Å². The molecule has 0 spiro atoms. The van der Waals surface area contributed by atoms with Crippen molar-refractivity contribution < 1.29 is 13.9 Å². The summed E-state index contributed by atoms with van der Waals surface area (Å²) < 4.78 is 18.1. The fourth-order valence-corrected chi connectivity index (χ4v) is 0. The van der Waals surface area contributed by atoms with E-state index in [2.05, 4.69) is 0 Å². The quantitative estimate of drug-likeness (QED) is 0.302. The molecule has 0 heterocycles. The van der Waals surface area contributed by atoms with E-state index < -0.39 is 17.0 Å². The van der Waals surface area contributed by atoms with Gasteiger partial charge in [0, 0.05) is 0 Å². The van der Waals surface area contributed by atoms with Gasteiger partial charge in [0.15, 0.2) is 0 Å². The Kier molecular flexibility index (Phi) is 10.9. The van der Waals surface area contributed by atoms with E-state index in [0.29, 0.717) is 0 Å². The van der Waals surface area contributed by atoms with Crippen LogP contribution in [0.4, 0.5) is 0 Å². The van der Waals surface area contributed by atoms with Crippen LogP contribution in [-0.2, 0) is 11.1 Å². The molecule has 0 radical (unpaired) electrons. The Morgan fingerprint density at radius 1 is 1.67 bits per heavy atom. The maximum absolute atomic E-state index is 9.06. The zero-order valence-corrected chi connectivity index (χ0v) is 6.07. The summed E-state index contributed by atoms with van der Waals surface area (Å²) in [6.07, 6.45) is 0. The van der Waals surface area contributed by atoms with Crippen molar-refractivity contribution in [3.05, 3.63) is 0 Å². The van der Waals surface area contributed by atoms with Crippen molar-refractivity contribution in [1.82, 2.24) is 0 Å². The van der Waals surface area contributed by atoms with Crippen molar-refractivity contribution in [2.45, 2.75) is 0 Å². The van der Waals surface area contributed by atoms with Crippen LogP contribution in [0.3, 0.4) is 0 Å². The van der Waals surface area contributed by atoms with Gasteiger partial charge in [-0.3, -0.25) is 4.21 Å². The topological polar surface area (TPSA) is 63.2 Å². The first kappa shape index (κ1) is 10.3. The van der Waals surface area contributed by atoms with Gasteiger partial charge in [-0.05, 0) is 0 Å². The van der Waals surface area contributed by atoms with Gasteiger partial charge in [-0.15, -0.1) is 0 Å². The molecule has 0 amide bonds. The minimum atomic E-state index is -2.38. The van der Waals surface area contributed by atoms with Crippen LogP contribution in [0.25, 0.3) is 0 Å². The average molecular weight is 134 g/mol. The van der Waals surface area contributed by atoms with Gasteiger partial charge in [-0.1, -0.05) is 17.0 Å². The van der Waals surface area contributed by atoms with Gasteiger partial charge in [-0.25, -0.2) is 0 Å². The Labute approximate surface area is 68.0 Å². The van der Waals surface area contributed by atoms with Crippen LogP contribution >= 0.6 is 0 Å². The van der Waals surface area contributed by atoms with Crippen molar-refractivity contribution in [3.8, 4) is 0 Å². The minimum absolute atomic E-state index is 0. The Hall–Kier alpha value is 1.33. The second kappa shape index (κ2) is 6.33. The number of rotatable bonds is 1. The third-order valence-corrected chi connectivity index (χ3v) is 0.289. The van der Waals surface area contributed by atoms with Gasteiger partial charge in [0.25, 0.3) is 0 Å². The predicted octanol–water partition coefficient (Wildman–Crippen LogP) is -2.20. The third kappa shape index (κ3) is 9.01. The third-order valence-electron chi connectivity index (χ3n) is 0.0962. The summed E-state index contributed by atoms with van der Waals surface area (Å²) in [6, 6.07) is 0. The molecule has 1 unspecified atom stereocenters. The van der Waals surface area contributed by atoms with Crippen molar-refractivity contribution >= 4 is 48.8 Å². The molecule has 0 bridgehead atoms. The molecule has 0 aliphatic rings. The molecule has 5 heteroatoms. The zero-order chi connectivity index (χ0) is 4.28. The molecule has 0 aromatic heterocycles. The first-order chi connectivity index (χ1) is 2.27. The number of hydrogen-bond acceptors (Lipinski definition) is 3. The van der Waals surface area contributed by atoms with E-state index >= 15 is 0 Å². The normalized spacial score (nSPS) is 12.3. The SMILES string of the molecule is O=S([O-])C[O-].[Ca+2]. The molecule has 0 aliphatic carbocycles. The van der Waals surface area contributed by atoms with Gasteiger partial charge in [0.05, 0.1) is 0 Å². The summed E-state index contributed by atoms with van der Waals surface area (Å²) in [6.45, 7) is 0. The second-order valence-corrected chi connectivity index (χ2v) is 1.26. The minimum Gasteiger partial charge on any atom is -0.846 e. The van der Waals surface area contributed by atoms with Crippen LogP contribution in [0.1, 0.15) is 0 Å². The largest absolute Gasteiger partial charge is 2.00 e. The first-order valence-electron chi connectivity index (χ1n) is 0.911. The molecule has 32 valence electrons. The van der Waals surface area contributed by atoms with Crippen LogP contribution in [0.15, 0.2) is 0 Å². The zero-order valence-electron chi connectivity index (χ0n) is 3.05. The summed E-state index contributed by atoms with van der Waals surface area (Å²) in [7, 11) is 0. The van der Waals surface area contributed by atoms with Crippen LogP contribution in [-0.4, -0.2) is 52.4 Å². The van der Waals surface area contributed by atoms with E-state index in [1.165, 1.54) is 0 Å². The van der Waals surface area contributed by atoms with Gasteiger partial charge in [-0.2, -0.15) is 0 Å². The maximum Gasteiger partial charge on any atom is 2.00 e. The summed E-state index contributed by atoms with van der Waals surface area (Å²) in [4.78, 5) is 0. The Morgan fingerprint density at radius 3 is 1.83 bits per heavy atom. The molecule has 0 rings (SSSR count). The van der Waals surface area contributed by atoms with Crippen molar-refractivity contribution in [1.29, 1.82) is 0 Å². The van der Waals surface area contributed by atoms with Crippen LogP contribution in [0.5, 0.6) is 0 Å². The van der Waals surface area contributed by atoms with E-state index in [0.717, 1.165) is 0 Å². The predicted molar refractivity (Wildman–Crippen MR) is 19.5 cm³/mol. The van der Waals surface area contributed by atoms with Gasteiger partial charge < -0.3 is 9.66 Å². The van der Waals surface area contributed by atoms with E-state index in [1.54, 1.807) is 0 Å². The molecule has 0 aromatic rings. The van der Waals surface area contributed by atoms with Crippen LogP contribution in [0.2, 0.25) is 0 Å². The Bertz CT molecular complexity index is 46.1. The Balaban J connectivity index is 0. The molecule has 6 heavy (non-hydrogen) atoms. The summed E-state index contributed by atoms with van der Waals surface area (Å²) in [5, 5.41) is 9.02. The second-order valence-electron chi connectivity index (χ2n) is 0.422. The standard InChI is InChI=1S/CH3O3S.Ca/c2-1-5(3)4;/h1H2,(H,3,4);/q-1;+2/p-1. The van der Waals surface area contributed by atoms with Crippen molar-refractivity contribution in [2.75, 3.05) is 5.94 Å². The smallest absolute Gasteiger partial charge is 0.846 e. The van der Waals surface area contributed by atoms with E-state index in [1.807, 2.05) is 0 Å². The summed E-state index contributed by atoms with van der Waals surface area (Å²) in [5.41, 5.74) is 0. The van der Waals surface area contributed by atoms with E-state index in [9.17, 15) is 0 Å². The van der Waals surface area contributed by atoms with Gasteiger partial charge in [0.1, 0.15) is 0 Å². The molecular weight excluding hydrogens is 132 g/mol. The van der Waals surface area contributed by atoms with E-state index in [4.69, 9.17) is 13.9 Å². The molecule has 0 N–H and O–H groups in total. The first-order valence-corrected chi connectivity index (χ1v) is 2.15. The molecule has 0 saturated heterocycles. The maximum atomic E-state index is 9.06. The van der Waals surface area contributed by atoms with Gasteiger partial charge in [0.2, 0.25) is 0 Å². The molecular formula is CH2CaO3S. The summed E-state index contributed by atoms with van der Waals surface area (Å²) in [5.74, 6) is -1.03. The fourth-order valence-electron chi connectivity index (χ4n) is 0. The van der Waals surface area contributed by atoms with Crippen LogP contribution in [0, 0.1) is 0 Å². The molecule has 3 nitrogen and oxygen atoms in total. The van der Waals surface area contributed by atoms with Crippen molar-refractivity contribution in [3.63, 3.8) is 0 Å². The van der Waals surface area contributed by atoms with Crippen LogP contribution < -0.4 is 5.11 Å². The van der Waals surface area contributed by atoms with Crippen molar-refractivity contribution in [2.24, 2.45) is 0 Å². The monoisotopic (exact) mass is 134 g/mol. The van der Waals surface area contributed by atoms with Gasteiger partial charge >= 0.3 is 37.7 Å². The molecule has 0 aromatic carbocycles. The summed E-state index contributed by atoms with van der Waals surface area (Å²) >= 11 is -2.38. The average Bonchev–Trinajstić information content (AvgIpc) is 1.38.